The van der Waals surface area contributed by atoms with Crippen LogP contribution in [0.2, 0.25) is 0 Å². The molecule has 0 saturated heterocycles. The lowest BCUT2D eigenvalue weighted by molar-refractivity contribution is -0.131. The third kappa shape index (κ3) is 3.72. The number of hydrogen-bond acceptors (Lipinski definition) is 6. The smallest absolute Gasteiger partial charge is 0.261 e. The maximum atomic E-state index is 11.2. The first-order valence-corrected chi connectivity index (χ1v) is 6.11. The molecule has 0 bridgehead atoms. The molecule has 0 aliphatic heterocycles. The predicted molar refractivity (Wildman–Crippen MR) is 64.5 cm³/mol. The summed E-state index contributed by atoms with van der Waals surface area (Å²) in [5, 5.41) is 12.4. The molecule has 1 aromatic rings. The van der Waals surface area contributed by atoms with Crippen molar-refractivity contribution in [3.8, 4) is 0 Å². The molecule has 0 fully saturated rings. The van der Waals surface area contributed by atoms with Gasteiger partial charge in [0.05, 0.1) is 5.69 Å². The van der Waals surface area contributed by atoms with Crippen LogP contribution in [0.25, 0.3) is 0 Å². The van der Waals surface area contributed by atoms with Crippen molar-refractivity contribution in [3.05, 3.63) is 17.5 Å². The van der Waals surface area contributed by atoms with Crippen molar-refractivity contribution in [2.24, 2.45) is 5.73 Å². The van der Waals surface area contributed by atoms with Gasteiger partial charge in [0.15, 0.2) is 0 Å². The Morgan fingerprint density at radius 3 is 2.88 bits per heavy atom. The number of aromatic nitrogens is 1. The number of hydrogen-bond donors (Lipinski definition) is 3. The van der Waals surface area contributed by atoms with E-state index in [1.807, 2.05) is 26.8 Å². The van der Waals surface area contributed by atoms with Crippen LogP contribution in [-0.2, 0) is 10.5 Å². The van der Waals surface area contributed by atoms with E-state index in [2.05, 4.69) is 5.16 Å². The number of aryl methyl sites for hydroxylation is 1. The van der Waals surface area contributed by atoms with Crippen molar-refractivity contribution in [2.45, 2.75) is 37.3 Å². The molecule has 7 heteroatoms. The van der Waals surface area contributed by atoms with E-state index in [9.17, 15) is 4.79 Å². The number of thioether (sulfide) groups is 1. The third-order valence-corrected chi connectivity index (χ3v) is 3.85. The molecule has 0 saturated carbocycles. The fourth-order valence-electron chi connectivity index (χ4n) is 1.22. The van der Waals surface area contributed by atoms with Crippen molar-refractivity contribution in [3.63, 3.8) is 0 Å². The quantitative estimate of drug-likeness (QED) is 0.534. The van der Waals surface area contributed by atoms with E-state index in [0.29, 0.717) is 5.75 Å². The van der Waals surface area contributed by atoms with Crippen molar-refractivity contribution in [1.29, 1.82) is 0 Å². The lowest BCUT2D eigenvalue weighted by Crippen LogP contribution is -2.51. The number of nitrogens with two attached hydrogens (primary N) is 1. The Hall–Kier alpha value is -1.05. The minimum atomic E-state index is -0.800. The van der Waals surface area contributed by atoms with Gasteiger partial charge in [0.25, 0.3) is 5.91 Å². The second-order valence-electron chi connectivity index (χ2n) is 4.27. The van der Waals surface area contributed by atoms with Crippen LogP contribution in [0.5, 0.6) is 0 Å². The van der Waals surface area contributed by atoms with Crippen LogP contribution >= 0.6 is 11.8 Å². The molecule has 0 unspecified atom stereocenters. The largest absolute Gasteiger partial charge is 0.361 e. The molecule has 1 aromatic heterocycles. The summed E-state index contributed by atoms with van der Waals surface area (Å²) in [4.78, 5) is 11.2. The molecule has 1 rings (SSSR count). The van der Waals surface area contributed by atoms with Crippen molar-refractivity contribution >= 4 is 17.7 Å². The van der Waals surface area contributed by atoms with Crippen LogP contribution in [0.1, 0.15) is 25.3 Å². The number of rotatable bonds is 5. The van der Waals surface area contributed by atoms with Gasteiger partial charge >= 0.3 is 0 Å². The molecule has 1 atom stereocenters. The van der Waals surface area contributed by atoms with Crippen molar-refractivity contribution in [2.75, 3.05) is 0 Å². The molecule has 0 aliphatic carbocycles. The van der Waals surface area contributed by atoms with Crippen LogP contribution in [-0.4, -0.2) is 27.1 Å². The first kappa shape index (κ1) is 14.0. The summed E-state index contributed by atoms with van der Waals surface area (Å²) in [5.74, 6) is 0.742. The van der Waals surface area contributed by atoms with Gasteiger partial charge in [-0.3, -0.25) is 10.0 Å². The second-order valence-corrected chi connectivity index (χ2v) is 5.90. The summed E-state index contributed by atoms with van der Waals surface area (Å²) in [7, 11) is 0. The number of nitrogens with one attached hydrogen (secondary N) is 1. The van der Waals surface area contributed by atoms with Crippen LogP contribution in [0.15, 0.2) is 10.6 Å². The molecule has 0 aliphatic rings. The molecule has 17 heavy (non-hydrogen) atoms. The highest BCUT2D eigenvalue weighted by molar-refractivity contribution is 7.99. The molecule has 0 radical (unpaired) electrons. The Labute approximate surface area is 104 Å². The molecular weight excluding hydrogens is 242 g/mol. The summed E-state index contributed by atoms with van der Waals surface area (Å²) in [6.07, 6.45) is 0. The number of amides is 1. The van der Waals surface area contributed by atoms with Gasteiger partial charge in [0.1, 0.15) is 11.8 Å². The first-order valence-electron chi connectivity index (χ1n) is 5.12. The molecule has 96 valence electrons. The molecule has 4 N–H and O–H groups in total. The van der Waals surface area contributed by atoms with Gasteiger partial charge in [-0.05, 0) is 20.8 Å². The zero-order chi connectivity index (χ0) is 13.1. The van der Waals surface area contributed by atoms with E-state index < -0.39 is 16.7 Å². The van der Waals surface area contributed by atoms with Gasteiger partial charge in [-0.15, -0.1) is 11.8 Å². The monoisotopic (exact) mass is 259 g/mol. The molecular formula is C10H17N3O3S. The predicted octanol–water partition coefficient (Wildman–Crippen LogP) is 0.828. The highest BCUT2D eigenvalue weighted by Crippen LogP contribution is 2.30. The molecule has 0 spiro atoms. The highest BCUT2D eigenvalue weighted by atomic mass is 32.2. The van der Waals surface area contributed by atoms with Crippen molar-refractivity contribution < 1.29 is 14.5 Å². The fraction of sp³-hybridized carbons (Fsp3) is 0.600. The van der Waals surface area contributed by atoms with E-state index in [-0.39, 0.29) is 0 Å². The molecule has 0 aromatic carbocycles. The average molecular weight is 259 g/mol. The van der Waals surface area contributed by atoms with Crippen LogP contribution in [0, 0.1) is 6.92 Å². The lowest BCUT2D eigenvalue weighted by Gasteiger charge is -2.28. The topological polar surface area (TPSA) is 101 Å². The van der Waals surface area contributed by atoms with Gasteiger partial charge < -0.3 is 10.3 Å². The Morgan fingerprint density at radius 1 is 1.76 bits per heavy atom. The lowest BCUT2D eigenvalue weighted by atomic mass is 10.0. The number of carbonyl (C=O) groups excluding carboxylic acids is 1. The van der Waals surface area contributed by atoms with Crippen molar-refractivity contribution in [1.82, 2.24) is 10.6 Å². The highest BCUT2D eigenvalue weighted by Gasteiger charge is 2.32. The number of nitrogens with zero attached hydrogens (tertiary/aromatic N) is 1. The van der Waals surface area contributed by atoms with Crippen LogP contribution in [0.3, 0.4) is 0 Å². The Balaban J connectivity index is 2.57. The maximum absolute atomic E-state index is 11.2. The molecule has 1 amide bonds. The number of hydroxylamine groups is 1. The normalized spacial score (nSPS) is 13.5. The van der Waals surface area contributed by atoms with Gasteiger partial charge in [0.2, 0.25) is 0 Å². The zero-order valence-corrected chi connectivity index (χ0v) is 10.9. The SMILES string of the molecule is Cc1cc(CSC(C)(C)[C@@H](N)C(=O)NO)no1. The zero-order valence-electron chi connectivity index (χ0n) is 10.1. The van der Waals surface area contributed by atoms with E-state index in [0.717, 1.165) is 11.5 Å². The van der Waals surface area contributed by atoms with Crippen LogP contribution in [0.4, 0.5) is 0 Å². The van der Waals surface area contributed by atoms with E-state index in [1.54, 1.807) is 5.48 Å². The van der Waals surface area contributed by atoms with Crippen LogP contribution < -0.4 is 11.2 Å². The summed E-state index contributed by atoms with van der Waals surface area (Å²) in [6, 6.07) is 1.03. The second kappa shape index (κ2) is 5.52. The number of carbonyl (C=O) groups is 1. The average Bonchev–Trinajstić information content (AvgIpc) is 2.70. The Bertz CT molecular complexity index is 392. The van der Waals surface area contributed by atoms with Gasteiger partial charge in [-0.2, -0.15) is 0 Å². The molecule has 6 nitrogen and oxygen atoms in total. The Morgan fingerprint density at radius 2 is 2.41 bits per heavy atom. The van der Waals surface area contributed by atoms with Gasteiger partial charge in [-0.1, -0.05) is 5.16 Å². The summed E-state index contributed by atoms with van der Waals surface area (Å²) in [6.45, 7) is 5.49. The van der Waals surface area contributed by atoms with E-state index in [1.165, 1.54) is 11.8 Å². The minimum Gasteiger partial charge on any atom is -0.361 e. The standard InChI is InChI=1S/C10H17N3O3S/c1-6-4-7(13-16-6)5-17-10(2,3)8(11)9(14)12-15/h4,8,15H,5,11H2,1-3H3,(H,12,14)/t8-/m0/s1. The van der Waals surface area contributed by atoms with E-state index >= 15 is 0 Å². The van der Waals surface area contributed by atoms with E-state index in [4.69, 9.17) is 15.5 Å². The molecule has 1 heterocycles. The van der Waals surface area contributed by atoms with Gasteiger partial charge in [0, 0.05) is 16.6 Å². The summed E-state index contributed by atoms with van der Waals surface area (Å²) in [5.41, 5.74) is 8.10. The fourth-order valence-corrected chi connectivity index (χ4v) is 2.16. The third-order valence-electron chi connectivity index (χ3n) is 2.41. The summed E-state index contributed by atoms with van der Waals surface area (Å²) >= 11 is 1.48. The maximum Gasteiger partial charge on any atom is 0.261 e. The summed E-state index contributed by atoms with van der Waals surface area (Å²) < 4.78 is 4.43. The first-order chi connectivity index (χ1) is 7.86. The Kier molecular flexibility index (Phi) is 4.55. The van der Waals surface area contributed by atoms with Gasteiger partial charge in [-0.25, -0.2) is 5.48 Å². The minimum absolute atomic E-state index is 0.514.